The van der Waals surface area contributed by atoms with Gasteiger partial charge in [-0.25, -0.2) is 0 Å². The van der Waals surface area contributed by atoms with Gasteiger partial charge in [-0.2, -0.15) is 13.2 Å². The summed E-state index contributed by atoms with van der Waals surface area (Å²) in [5.74, 6) is 0. The first-order valence-corrected chi connectivity index (χ1v) is 8.60. The number of rotatable bonds is 6. The number of halogens is 3. The van der Waals surface area contributed by atoms with E-state index in [2.05, 4.69) is 0 Å². The van der Waals surface area contributed by atoms with Crippen LogP contribution in [0, 0.1) is 0 Å². The molecule has 3 nitrogen and oxygen atoms in total. The van der Waals surface area contributed by atoms with Gasteiger partial charge in [0.15, 0.2) is 0 Å². The van der Waals surface area contributed by atoms with E-state index < -0.39 is 11.6 Å². The average Bonchev–Trinajstić information content (AvgIpc) is 2.74. The summed E-state index contributed by atoms with van der Waals surface area (Å²) < 4.78 is 44.3. The van der Waals surface area contributed by atoms with Crippen molar-refractivity contribution in [3.63, 3.8) is 0 Å². The van der Waals surface area contributed by atoms with Crippen LogP contribution in [0.3, 0.4) is 0 Å². The van der Waals surface area contributed by atoms with Crippen LogP contribution in [0.4, 0.5) is 13.2 Å². The van der Waals surface area contributed by atoms with Gasteiger partial charge in [0.2, 0.25) is 0 Å². The largest absolute Gasteiger partial charge is 0.406 e. The van der Waals surface area contributed by atoms with Gasteiger partial charge in [-0.1, -0.05) is 72.8 Å². The van der Waals surface area contributed by atoms with Crippen LogP contribution < -0.4 is 0 Å². The summed E-state index contributed by atoms with van der Waals surface area (Å²) in [7, 11) is 0. The first kappa shape index (κ1) is 20.2. The zero-order valence-corrected chi connectivity index (χ0v) is 15.0. The Morgan fingerprint density at radius 3 is 0.897 bits per heavy atom. The lowest BCUT2D eigenvalue weighted by Gasteiger charge is -2.37. The Balaban J connectivity index is 2.37. The molecule has 6 heteroatoms. The van der Waals surface area contributed by atoms with Gasteiger partial charge in [0.25, 0.3) is 0 Å². The van der Waals surface area contributed by atoms with E-state index in [1.165, 1.54) is 72.8 Å². The molecule has 0 N–H and O–H groups in total. The molecule has 0 fully saturated rings. The monoisotopic (exact) mass is 396 g/mol. The molecule has 0 unspecified atom stereocenters. The Labute approximate surface area is 164 Å². The van der Waals surface area contributed by atoms with E-state index in [1.54, 1.807) is 0 Å². The molecule has 0 saturated carbocycles. The van der Waals surface area contributed by atoms with Gasteiger partial charge in [-0.15, -0.1) is 0 Å². The van der Waals surface area contributed by atoms with Crippen LogP contribution in [0.2, 0.25) is 0 Å². The minimum Gasteiger partial charge on any atom is -0.298 e. The van der Waals surface area contributed by atoms with Crippen molar-refractivity contribution in [2.75, 3.05) is 0 Å². The molecule has 0 aliphatic heterocycles. The Kier molecular flexibility index (Phi) is 5.46. The topological polar surface area (TPSA) is 51.2 Å². The SMILES string of the molecule is O=Cc1ccc(C(c2ccc(C=O)cc2)(c2ccc(C=O)cc2)C(F)(F)F)cc1. The summed E-state index contributed by atoms with van der Waals surface area (Å²) in [5, 5.41) is 0. The highest BCUT2D eigenvalue weighted by atomic mass is 19.4. The van der Waals surface area contributed by atoms with Crippen LogP contribution in [0.25, 0.3) is 0 Å². The zero-order valence-electron chi connectivity index (χ0n) is 15.0. The summed E-state index contributed by atoms with van der Waals surface area (Å²) >= 11 is 0. The molecule has 3 aromatic carbocycles. The molecular formula is C23H15F3O3. The first-order chi connectivity index (χ1) is 13.9. The Morgan fingerprint density at radius 2 is 0.724 bits per heavy atom. The summed E-state index contributed by atoms with van der Waals surface area (Å²) in [6.45, 7) is 0. The highest BCUT2D eigenvalue weighted by Gasteiger charge is 2.58. The van der Waals surface area contributed by atoms with Crippen molar-refractivity contribution in [1.29, 1.82) is 0 Å². The fraction of sp³-hybridized carbons (Fsp3) is 0.0870. The Bertz CT molecular complexity index is 894. The molecule has 0 aliphatic rings. The standard InChI is InChI=1S/C23H15F3O3/c24-23(25,26)22(19-7-1-16(13-27)2-8-19,20-9-3-17(14-28)4-10-20)21-11-5-18(15-29)6-12-21/h1-15H. The fourth-order valence-electron chi connectivity index (χ4n) is 3.43. The van der Waals surface area contributed by atoms with Gasteiger partial charge < -0.3 is 0 Å². The molecular weight excluding hydrogens is 381 g/mol. The van der Waals surface area contributed by atoms with Crippen molar-refractivity contribution in [1.82, 2.24) is 0 Å². The molecule has 0 aromatic heterocycles. The van der Waals surface area contributed by atoms with Crippen LogP contribution in [0.5, 0.6) is 0 Å². The zero-order chi connectivity index (χ0) is 21.1. The second-order valence-electron chi connectivity index (χ2n) is 6.47. The first-order valence-electron chi connectivity index (χ1n) is 8.60. The van der Waals surface area contributed by atoms with E-state index >= 15 is 0 Å². The maximum Gasteiger partial charge on any atom is 0.406 e. The number of carbonyl (C=O) groups excluding carboxylic acids is 3. The molecule has 29 heavy (non-hydrogen) atoms. The quantitative estimate of drug-likeness (QED) is 0.434. The lowest BCUT2D eigenvalue weighted by Crippen LogP contribution is -2.44. The molecule has 3 aromatic rings. The number of aldehydes is 3. The predicted molar refractivity (Wildman–Crippen MR) is 101 cm³/mol. The minimum absolute atomic E-state index is 0.0895. The number of alkyl halides is 3. The van der Waals surface area contributed by atoms with Crippen LogP contribution >= 0.6 is 0 Å². The Hall–Kier alpha value is -3.54. The second kappa shape index (κ2) is 7.83. The van der Waals surface area contributed by atoms with Crippen molar-refractivity contribution in [2.45, 2.75) is 11.6 Å². The van der Waals surface area contributed by atoms with Gasteiger partial charge in [0, 0.05) is 16.7 Å². The van der Waals surface area contributed by atoms with Crippen molar-refractivity contribution in [2.24, 2.45) is 0 Å². The van der Waals surface area contributed by atoms with Gasteiger partial charge in [0.1, 0.15) is 24.3 Å². The highest BCUT2D eigenvalue weighted by Crippen LogP contribution is 2.51. The molecule has 146 valence electrons. The summed E-state index contributed by atoms with van der Waals surface area (Å²) in [4.78, 5) is 32.9. The maximum absolute atomic E-state index is 14.8. The molecule has 0 spiro atoms. The van der Waals surface area contributed by atoms with Crippen molar-refractivity contribution < 1.29 is 27.6 Å². The lowest BCUT2D eigenvalue weighted by atomic mass is 9.68. The van der Waals surface area contributed by atoms with E-state index in [0.717, 1.165) is 0 Å². The second-order valence-corrected chi connectivity index (χ2v) is 6.47. The number of hydrogen-bond donors (Lipinski definition) is 0. The van der Waals surface area contributed by atoms with Gasteiger partial charge in [-0.3, -0.25) is 14.4 Å². The molecule has 0 atom stereocenters. The summed E-state index contributed by atoms with van der Waals surface area (Å²) in [5.41, 5.74) is -2.08. The normalized spacial score (nSPS) is 11.7. The number of carbonyl (C=O) groups is 3. The maximum atomic E-state index is 14.8. The van der Waals surface area contributed by atoms with E-state index in [4.69, 9.17) is 0 Å². The fourth-order valence-corrected chi connectivity index (χ4v) is 3.43. The smallest absolute Gasteiger partial charge is 0.298 e. The van der Waals surface area contributed by atoms with E-state index in [-0.39, 0.29) is 33.4 Å². The summed E-state index contributed by atoms with van der Waals surface area (Å²) in [6.07, 6.45) is -3.11. The van der Waals surface area contributed by atoms with Gasteiger partial charge in [-0.05, 0) is 16.7 Å². The van der Waals surface area contributed by atoms with Crippen LogP contribution in [-0.4, -0.2) is 25.0 Å². The predicted octanol–water partition coefficient (Wildman–Crippen LogP) is 5.02. The number of benzene rings is 3. The van der Waals surface area contributed by atoms with Crippen molar-refractivity contribution in [3.05, 3.63) is 106 Å². The molecule has 3 rings (SSSR count). The van der Waals surface area contributed by atoms with E-state index in [9.17, 15) is 27.6 Å². The molecule has 0 bridgehead atoms. The third-order valence-corrected chi connectivity index (χ3v) is 4.86. The Morgan fingerprint density at radius 1 is 0.483 bits per heavy atom. The lowest BCUT2D eigenvalue weighted by molar-refractivity contribution is -0.166. The third-order valence-electron chi connectivity index (χ3n) is 4.86. The van der Waals surface area contributed by atoms with Gasteiger partial charge in [0.05, 0.1) is 0 Å². The van der Waals surface area contributed by atoms with E-state index in [1.807, 2.05) is 0 Å². The molecule has 0 heterocycles. The molecule has 0 amide bonds. The highest BCUT2D eigenvalue weighted by molar-refractivity contribution is 5.77. The summed E-state index contributed by atoms with van der Waals surface area (Å²) in [6, 6.07) is 15.5. The molecule has 0 radical (unpaired) electrons. The minimum atomic E-state index is -4.76. The average molecular weight is 396 g/mol. The van der Waals surface area contributed by atoms with Crippen molar-refractivity contribution >= 4 is 18.9 Å². The van der Waals surface area contributed by atoms with Crippen molar-refractivity contribution in [3.8, 4) is 0 Å². The van der Waals surface area contributed by atoms with Crippen LogP contribution in [-0.2, 0) is 5.41 Å². The molecule has 0 saturated heterocycles. The number of hydrogen-bond acceptors (Lipinski definition) is 3. The third kappa shape index (κ3) is 3.49. The van der Waals surface area contributed by atoms with Crippen LogP contribution in [0.1, 0.15) is 47.8 Å². The van der Waals surface area contributed by atoms with Crippen LogP contribution in [0.15, 0.2) is 72.8 Å². The van der Waals surface area contributed by atoms with E-state index in [0.29, 0.717) is 18.9 Å². The molecule has 0 aliphatic carbocycles. The van der Waals surface area contributed by atoms with Gasteiger partial charge >= 0.3 is 6.18 Å².